The van der Waals surface area contributed by atoms with Gasteiger partial charge in [-0.25, -0.2) is 0 Å². The molecular weight excluding hydrogens is 416 g/mol. The van der Waals surface area contributed by atoms with Crippen LogP contribution in [0.15, 0.2) is 4.99 Å². The summed E-state index contributed by atoms with van der Waals surface area (Å²) in [6, 6.07) is -2.77. The number of unbranched alkanes of at least 4 members (excludes halogenated alkanes) is 1. The van der Waals surface area contributed by atoms with E-state index in [1.54, 1.807) is 0 Å². The molecule has 0 heterocycles. The summed E-state index contributed by atoms with van der Waals surface area (Å²) >= 11 is 0. The molecule has 0 unspecified atom stereocenters. The van der Waals surface area contributed by atoms with Gasteiger partial charge in [0.1, 0.15) is 18.1 Å². The van der Waals surface area contributed by atoms with Crippen LogP contribution < -0.4 is 28.7 Å². The summed E-state index contributed by atoms with van der Waals surface area (Å²) in [5, 5.41) is 32.8. The van der Waals surface area contributed by atoms with Crippen LogP contribution in [-0.4, -0.2) is 74.9 Å². The molecule has 0 spiro atoms. The van der Waals surface area contributed by atoms with Gasteiger partial charge in [-0.1, -0.05) is 20.3 Å². The van der Waals surface area contributed by atoms with E-state index in [9.17, 15) is 19.2 Å². The number of carbonyl (C=O) groups is 4. The average Bonchev–Trinajstić information content (AvgIpc) is 2.66. The lowest BCUT2D eigenvalue weighted by molar-refractivity contribution is -0.144. The Morgan fingerprint density at radius 1 is 0.839 bits per heavy atom. The number of nitrogens with two attached hydrogens (primary N) is 5. The Bertz CT molecular complexity index is 583. The molecule has 0 amide bonds. The van der Waals surface area contributed by atoms with Gasteiger partial charge in [0.15, 0.2) is 5.96 Å². The summed E-state index contributed by atoms with van der Waals surface area (Å²) in [4.78, 5) is 43.8. The first-order valence-electron chi connectivity index (χ1n) is 9.39. The SMILES string of the molecule is CC[C@H](C)[C@H](N)C(=O)O.NC(N)=NCCCC[C@H](N)C(=O)O.N[C@@H](CC(=O)O)C(=O)O. The van der Waals surface area contributed by atoms with Gasteiger partial charge < -0.3 is 49.1 Å². The molecule has 0 aromatic heterocycles. The largest absolute Gasteiger partial charge is 0.481 e. The highest BCUT2D eigenvalue weighted by atomic mass is 16.4. The molecule has 0 aliphatic carbocycles. The molecule has 0 fully saturated rings. The van der Waals surface area contributed by atoms with Crippen LogP contribution in [0.5, 0.6) is 0 Å². The Morgan fingerprint density at radius 2 is 1.32 bits per heavy atom. The molecule has 0 bridgehead atoms. The van der Waals surface area contributed by atoms with E-state index in [0.717, 1.165) is 12.8 Å². The Morgan fingerprint density at radius 3 is 1.58 bits per heavy atom. The van der Waals surface area contributed by atoms with Gasteiger partial charge in [-0.2, -0.15) is 0 Å². The molecule has 0 saturated heterocycles. The maximum atomic E-state index is 10.3. The van der Waals surface area contributed by atoms with Crippen molar-refractivity contribution in [2.75, 3.05) is 6.54 Å². The van der Waals surface area contributed by atoms with Crippen molar-refractivity contribution in [3.8, 4) is 0 Å². The molecule has 0 aromatic carbocycles. The zero-order chi connectivity index (χ0) is 25.1. The van der Waals surface area contributed by atoms with E-state index >= 15 is 0 Å². The van der Waals surface area contributed by atoms with Gasteiger partial charge in [0.05, 0.1) is 6.42 Å². The van der Waals surface area contributed by atoms with Crippen molar-refractivity contribution in [1.29, 1.82) is 0 Å². The van der Waals surface area contributed by atoms with Crippen molar-refractivity contribution in [3.05, 3.63) is 0 Å². The van der Waals surface area contributed by atoms with Crippen LogP contribution in [-0.2, 0) is 19.2 Å². The van der Waals surface area contributed by atoms with E-state index < -0.39 is 48.4 Å². The highest BCUT2D eigenvalue weighted by molar-refractivity contribution is 5.80. The molecule has 14 nitrogen and oxygen atoms in total. The summed E-state index contributed by atoms with van der Waals surface area (Å²) in [5.74, 6) is -4.25. The van der Waals surface area contributed by atoms with Gasteiger partial charge >= 0.3 is 23.9 Å². The second kappa shape index (κ2) is 19.0. The number of aliphatic imine (C=N–C) groups is 1. The molecule has 0 radical (unpaired) electrons. The summed E-state index contributed by atoms with van der Waals surface area (Å²) in [7, 11) is 0. The molecule has 0 saturated carbocycles. The number of guanidine groups is 1. The van der Waals surface area contributed by atoms with Gasteiger partial charge in [-0.15, -0.1) is 0 Å². The van der Waals surface area contributed by atoms with Gasteiger partial charge in [0, 0.05) is 6.54 Å². The Kier molecular flexibility index (Phi) is 20.1. The fourth-order valence-corrected chi connectivity index (χ4v) is 1.58. The smallest absolute Gasteiger partial charge is 0.321 e. The van der Waals surface area contributed by atoms with Gasteiger partial charge in [0.25, 0.3) is 0 Å². The minimum Gasteiger partial charge on any atom is -0.481 e. The molecule has 31 heavy (non-hydrogen) atoms. The van der Waals surface area contributed by atoms with Crippen LogP contribution in [0.4, 0.5) is 0 Å². The minimum absolute atomic E-state index is 0.0579. The molecule has 0 rings (SSSR count). The number of nitrogens with zero attached hydrogens (tertiary/aromatic N) is 1. The third-order valence-electron chi connectivity index (χ3n) is 3.79. The van der Waals surface area contributed by atoms with Gasteiger partial charge in [0.2, 0.25) is 0 Å². The van der Waals surface area contributed by atoms with Crippen molar-refractivity contribution >= 4 is 29.8 Å². The molecule has 0 aliphatic heterocycles. The molecule has 182 valence electrons. The minimum atomic E-state index is -1.29. The number of hydrogen-bond acceptors (Lipinski definition) is 8. The van der Waals surface area contributed by atoms with Crippen molar-refractivity contribution in [2.45, 2.75) is 64.1 Å². The third-order valence-corrected chi connectivity index (χ3v) is 3.79. The summed E-state index contributed by atoms with van der Waals surface area (Å²) in [6.07, 6.45) is 2.20. The summed E-state index contributed by atoms with van der Waals surface area (Å²) in [5.41, 5.74) is 25.6. The van der Waals surface area contributed by atoms with E-state index in [1.807, 2.05) is 13.8 Å². The fourth-order valence-electron chi connectivity index (χ4n) is 1.58. The maximum absolute atomic E-state index is 10.3. The van der Waals surface area contributed by atoms with E-state index in [2.05, 4.69) is 4.99 Å². The third kappa shape index (κ3) is 23.2. The summed E-state index contributed by atoms with van der Waals surface area (Å²) in [6.45, 7) is 4.28. The standard InChI is InChI=1S/C7H16N4O2.C6H13NO2.C4H7NO4/c8-5(6(12)13)3-1-2-4-11-7(9)10;1-3-4(2)5(7)6(8)9;5-2(4(8)9)1-3(6)7/h5H,1-4,8H2,(H,12,13)(H4,9,10,11);4-5H,3,7H2,1-2H3,(H,8,9);2H,1,5H2,(H,6,7)(H,8,9)/t5-;4-,5-;2-/m000/s1. The first-order chi connectivity index (χ1) is 14.2. The Balaban J connectivity index is -0.000000390. The van der Waals surface area contributed by atoms with Crippen molar-refractivity contribution in [1.82, 2.24) is 0 Å². The van der Waals surface area contributed by atoms with E-state index in [-0.39, 0.29) is 11.9 Å². The number of carboxylic acids is 4. The topological polar surface area (TPSA) is 292 Å². The number of carboxylic acid groups (broad SMARTS) is 4. The van der Waals surface area contributed by atoms with Crippen LogP contribution in [0.2, 0.25) is 0 Å². The molecule has 0 aliphatic rings. The van der Waals surface area contributed by atoms with E-state index in [4.69, 9.17) is 49.1 Å². The second-order valence-electron chi connectivity index (χ2n) is 6.54. The van der Waals surface area contributed by atoms with Crippen LogP contribution >= 0.6 is 0 Å². The lowest BCUT2D eigenvalue weighted by Gasteiger charge is -2.11. The van der Waals surface area contributed by atoms with E-state index in [0.29, 0.717) is 19.4 Å². The zero-order valence-corrected chi connectivity index (χ0v) is 17.8. The normalized spacial score (nSPS) is 13.6. The molecule has 14 heteroatoms. The van der Waals surface area contributed by atoms with Crippen molar-refractivity contribution in [3.63, 3.8) is 0 Å². The van der Waals surface area contributed by atoms with Crippen LogP contribution in [0, 0.1) is 5.92 Å². The maximum Gasteiger partial charge on any atom is 0.321 e. The first kappa shape index (κ1) is 32.7. The Hall–Kier alpha value is -2.97. The molecular formula is C17H36N6O8. The zero-order valence-electron chi connectivity index (χ0n) is 17.8. The Labute approximate surface area is 180 Å². The highest BCUT2D eigenvalue weighted by Gasteiger charge is 2.17. The summed E-state index contributed by atoms with van der Waals surface area (Å²) < 4.78 is 0. The van der Waals surface area contributed by atoms with Crippen LogP contribution in [0.1, 0.15) is 46.0 Å². The van der Waals surface area contributed by atoms with Gasteiger partial charge in [-0.05, 0) is 25.2 Å². The van der Waals surface area contributed by atoms with Gasteiger partial charge in [-0.3, -0.25) is 24.2 Å². The van der Waals surface area contributed by atoms with Crippen LogP contribution in [0.25, 0.3) is 0 Å². The predicted octanol–water partition coefficient (Wildman–Crippen LogP) is -1.84. The van der Waals surface area contributed by atoms with Crippen LogP contribution in [0.3, 0.4) is 0 Å². The highest BCUT2D eigenvalue weighted by Crippen LogP contribution is 2.04. The predicted molar refractivity (Wildman–Crippen MR) is 113 cm³/mol. The second-order valence-corrected chi connectivity index (χ2v) is 6.54. The number of rotatable bonds is 12. The van der Waals surface area contributed by atoms with Crippen molar-refractivity contribution in [2.24, 2.45) is 39.6 Å². The molecule has 0 aromatic rings. The first-order valence-corrected chi connectivity index (χ1v) is 9.39. The lowest BCUT2D eigenvalue weighted by Crippen LogP contribution is -2.36. The fraction of sp³-hybridized carbons (Fsp3) is 0.706. The van der Waals surface area contributed by atoms with Crippen molar-refractivity contribution < 1.29 is 39.6 Å². The molecule has 14 N–H and O–H groups in total. The monoisotopic (exact) mass is 452 g/mol. The average molecular weight is 453 g/mol. The molecule has 4 atom stereocenters. The lowest BCUT2D eigenvalue weighted by atomic mass is 10.0. The number of hydrogen-bond donors (Lipinski definition) is 9. The quantitative estimate of drug-likeness (QED) is 0.0893. The van der Waals surface area contributed by atoms with E-state index in [1.165, 1.54) is 0 Å². The number of aliphatic carboxylic acids is 4.